The number of hydrogen-bond acceptors (Lipinski definition) is 9. The fourth-order valence-corrected chi connectivity index (χ4v) is 7.62. The van der Waals surface area contributed by atoms with Crippen LogP contribution in [0.3, 0.4) is 0 Å². The molecule has 284 valence electrons. The number of benzene rings is 2. The van der Waals surface area contributed by atoms with Gasteiger partial charge in [0.15, 0.2) is 11.0 Å². The van der Waals surface area contributed by atoms with Crippen LogP contribution in [-0.2, 0) is 18.0 Å². The van der Waals surface area contributed by atoms with Gasteiger partial charge >= 0.3 is 5.76 Å². The number of nitrogen functional groups attached to an aromatic ring is 1. The van der Waals surface area contributed by atoms with Crippen LogP contribution in [0.5, 0.6) is 5.75 Å². The van der Waals surface area contributed by atoms with Gasteiger partial charge in [0.1, 0.15) is 29.2 Å². The van der Waals surface area contributed by atoms with Gasteiger partial charge in [0.2, 0.25) is 0 Å². The summed E-state index contributed by atoms with van der Waals surface area (Å²) in [6, 6.07) is 10.7. The van der Waals surface area contributed by atoms with Gasteiger partial charge in [0.05, 0.1) is 22.6 Å². The van der Waals surface area contributed by atoms with Gasteiger partial charge < -0.3 is 26.0 Å². The first-order valence-electron chi connectivity index (χ1n) is 18.0. The summed E-state index contributed by atoms with van der Waals surface area (Å²) < 4.78 is 62.5. The first-order chi connectivity index (χ1) is 25.5. The molecule has 2 aromatic heterocycles. The van der Waals surface area contributed by atoms with Crippen molar-refractivity contribution in [3.05, 3.63) is 71.8 Å². The standard InChI is InChI=1S/C38H48F3N9O2S/c1-24(26-4-7-29(39)8-5-26)52-33-20-27(6-9-32(33)47-53(51)38(40)41)35-34-36(49(3)46-35)31(23-45-37(34)43)28(21-42)22-44-30-13-18-50(19-14-30)17-12-25-10-15-48(2)16-11-25/h4-9,20-25,30,38,47H,10-19,42H2,1-3H3,(H2,43,45)/b28-21+,44-22?. The van der Waals surface area contributed by atoms with E-state index in [0.29, 0.717) is 38.9 Å². The van der Waals surface area contributed by atoms with E-state index in [2.05, 4.69) is 26.6 Å². The second kappa shape index (κ2) is 17.1. The molecule has 2 fully saturated rings. The van der Waals surface area contributed by atoms with E-state index in [1.165, 1.54) is 56.8 Å². The number of alkyl halides is 2. The Hall–Kier alpha value is -4.47. The number of aromatic nitrogens is 3. The number of aliphatic imine (C=N–C) groups is 1. The van der Waals surface area contributed by atoms with E-state index in [4.69, 9.17) is 26.3 Å². The Kier molecular flexibility index (Phi) is 12.4. The Morgan fingerprint density at radius 2 is 1.81 bits per heavy atom. The topological polar surface area (TPSA) is 140 Å². The summed E-state index contributed by atoms with van der Waals surface area (Å²) in [6.07, 6.45) is 10.2. The molecule has 5 N–H and O–H groups in total. The number of nitrogens with zero attached hydrogens (tertiary/aromatic N) is 6. The highest BCUT2D eigenvalue weighted by Crippen LogP contribution is 2.39. The molecule has 0 spiro atoms. The van der Waals surface area contributed by atoms with Crippen molar-refractivity contribution >= 4 is 45.2 Å². The Labute approximate surface area is 310 Å². The Balaban J connectivity index is 1.22. The van der Waals surface area contributed by atoms with Gasteiger partial charge in [0, 0.05) is 55.4 Å². The summed E-state index contributed by atoms with van der Waals surface area (Å²) in [7, 11) is 1.31. The van der Waals surface area contributed by atoms with Crippen molar-refractivity contribution in [3.63, 3.8) is 0 Å². The number of pyridine rings is 1. The third-order valence-electron chi connectivity index (χ3n) is 10.3. The maximum Gasteiger partial charge on any atom is 0.330 e. The third-order valence-corrected chi connectivity index (χ3v) is 11.1. The molecule has 0 saturated carbocycles. The highest BCUT2D eigenvalue weighted by atomic mass is 32.2. The molecule has 2 aliphatic heterocycles. The maximum atomic E-state index is 13.6. The van der Waals surface area contributed by atoms with E-state index in [9.17, 15) is 17.4 Å². The predicted octanol–water partition coefficient (Wildman–Crippen LogP) is 6.36. The lowest BCUT2D eigenvalue weighted by Crippen LogP contribution is -2.37. The molecule has 0 radical (unpaired) electrons. The molecule has 2 aliphatic rings. The molecule has 0 bridgehead atoms. The number of nitrogens with one attached hydrogen (secondary N) is 1. The fourth-order valence-electron chi connectivity index (χ4n) is 7.14. The molecule has 2 aromatic carbocycles. The molecule has 53 heavy (non-hydrogen) atoms. The van der Waals surface area contributed by atoms with Crippen LogP contribution in [0, 0.1) is 11.7 Å². The number of likely N-dealkylation sites (tertiary alicyclic amines) is 2. The van der Waals surface area contributed by atoms with Gasteiger partial charge in [-0.3, -0.25) is 14.4 Å². The van der Waals surface area contributed by atoms with Crippen LogP contribution >= 0.6 is 0 Å². The highest BCUT2D eigenvalue weighted by molar-refractivity contribution is 7.86. The lowest BCUT2D eigenvalue weighted by atomic mass is 9.93. The summed E-state index contributed by atoms with van der Waals surface area (Å²) in [4.78, 5) is 14.4. The zero-order valence-electron chi connectivity index (χ0n) is 30.4. The third kappa shape index (κ3) is 9.19. The predicted molar refractivity (Wildman–Crippen MR) is 207 cm³/mol. The maximum absolute atomic E-state index is 13.6. The average Bonchev–Trinajstić information content (AvgIpc) is 3.51. The van der Waals surface area contributed by atoms with Crippen LogP contribution in [-0.4, -0.2) is 86.6 Å². The van der Waals surface area contributed by atoms with Crippen LogP contribution in [0.15, 0.2) is 59.9 Å². The van der Waals surface area contributed by atoms with Gasteiger partial charge in [-0.15, -0.1) is 0 Å². The van der Waals surface area contributed by atoms with Crippen LogP contribution in [0.4, 0.5) is 24.7 Å². The summed E-state index contributed by atoms with van der Waals surface area (Å²) in [5.41, 5.74) is 16.5. The number of aryl methyl sites for hydroxylation is 1. The van der Waals surface area contributed by atoms with E-state index in [-0.39, 0.29) is 23.3 Å². The number of ether oxygens (including phenoxy) is 1. The smallest absolute Gasteiger partial charge is 0.330 e. The van der Waals surface area contributed by atoms with Crippen molar-refractivity contribution in [2.24, 2.45) is 23.7 Å². The number of fused-ring (bicyclic) bond motifs is 1. The van der Waals surface area contributed by atoms with Crippen molar-refractivity contribution in [1.29, 1.82) is 0 Å². The first-order valence-corrected chi connectivity index (χ1v) is 19.2. The van der Waals surface area contributed by atoms with Crippen molar-refractivity contribution in [2.45, 2.75) is 56.9 Å². The Morgan fingerprint density at radius 1 is 1.09 bits per heavy atom. The molecular weight excluding hydrogens is 704 g/mol. The average molecular weight is 752 g/mol. The number of halogens is 3. The second-order valence-corrected chi connectivity index (χ2v) is 15.1. The lowest BCUT2D eigenvalue weighted by Gasteiger charge is -2.33. The minimum Gasteiger partial charge on any atom is -0.484 e. The number of nitrogens with two attached hydrogens (primary N) is 2. The fraction of sp³-hybridized carbons (Fsp3) is 0.447. The lowest BCUT2D eigenvalue weighted by molar-refractivity contribution is 0.168. The largest absolute Gasteiger partial charge is 0.484 e. The SMILES string of the molecule is CC(Oc1cc(-c2nn(C)c3c(/C(C=NC4CCN(CCC5CCN(C)CC5)CC4)=C/N)cnc(N)c23)ccc1NS(=O)C(F)F)c1ccc(F)cc1. The molecule has 0 amide bonds. The van der Waals surface area contributed by atoms with Crippen LogP contribution in [0.1, 0.15) is 56.3 Å². The van der Waals surface area contributed by atoms with Crippen molar-refractivity contribution in [2.75, 3.05) is 50.2 Å². The summed E-state index contributed by atoms with van der Waals surface area (Å²) in [5.74, 6) is -2.34. The molecule has 15 heteroatoms. The van der Waals surface area contributed by atoms with E-state index in [1.54, 1.807) is 49.1 Å². The highest BCUT2D eigenvalue weighted by Gasteiger charge is 2.24. The number of piperidine rings is 2. The molecule has 0 aliphatic carbocycles. The van der Waals surface area contributed by atoms with E-state index in [1.807, 2.05) is 6.21 Å². The molecule has 2 saturated heterocycles. The minimum absolute atomic E-state index is 0.0843. The monoisotopic (exact) mass is 751 g/mol. The zero-order valence-corrected chi connectivity index (χ0v) is 31.2. The zero-order chi connectivity index (χ0) is 37.6. The minimum atomic E-state index is -3.12. The molecule has 2 atom stereocenters. The first kappa shape index (κ1) is 38.3. The number of hydrogen-bond donors (Lipinski definition) is 3. The molecule has 4 aromatic rings. The normalized spacial score (nSPS) is 18.3. The van der Waals surface area contributed by atoms with Gasteiger partial charge in [-0.1, -0.05) is 18.2 Å². The molecular formula is C38H48F3N9O2S. The molecule has 2 unspecified atom stereocenters. The molecule has 4 heterocycles. The van der Waals surface area contributed by atoms with Gasteiger partial charge in [-0.2, -0.15) is 13.9 Å². The summed E-state index contributed by atoms with van der Waals surface area (Å²) >= 11 is 0. The number of anilines is 2. The number of rotatable bonds is 13. The quantitative estimate of drug-likeness (QED) is 0.134. The van der Waals surface area contributed by atoms with Crippen molar-refractivity contribution < 1.29 is 22.1 Å². The van der Waals surface area contributed by atoms with E-state index < -0.39 is 28.7 Å². The number of allylic oxidation sites excluding steroid dienone is 1. The summed E-state index contributed by atoms with van der Waals surface area (Å²) in [6.45, 7) is 7.33. The van der Waals surface area contributed by atoms with Crippen LogP contribution in [0.25, 0.3) is 27.7 Å². The van der Waals surface area contributed by atoms with Gasteiger partial charge in [-0.05, 0) is 101 Å². The Bertz CT molecular complexity index is 1950. The van der Waals surface area contributed by atoms with Crippen molar-refractivity contribution in [1.82, 2.24) is 24.6 Å². The van der Waals surface area contributed by atoms with E-state index in [0.717, 1.165) is 38.4 Å². The van der Waals surface area contributed by atoms with Gasteiger partial charge in [-0.25, -0.2) is 13.6 Å². The van der Waals surface area contributed by atoms with Crippen molar-refractivity contribution in [3.8, 4) is 17.0 Å². The van der Waals surface area contributed by atoms with E-state index >= 15 is 0 Å². The summed E-state index contributed by atoms with van der Waals surface area (Å²) in [5, 5.41) is 5.36. The van der Waals surface area contributed by atoms with Crippen LogP contribution in [0.2, 0.25) is 0 Å². The molecule has 6 rings (SSSR count). The Morgan fingerprint density at radius 3 is 2.49 bits per heavy atom. The molecule has 11 nitrogen and oxygen atoms in total. The van der Waals surface area contributed by atoms with Gasteiger partial charge in [0.25, 0.3) is 0 Å². The van der Waals surface area contributed by atoms with Crippen LogP contribution < -0.4 is 20.9 Å². The second-order valence-electron chi connectivity index (χ2n) is 13.9.